The van der Waals surface area contributed by atoms with Crippen LogP contribution in [0.2, 0.25) is 0 Å². The van der Waals surface area contributed by atoms with Gasteiger partial charge in [0.1, 0.15) is 0 Å². The van der Waals surface area contributed by atoms with Gasteiger partial charge in [-0.25, -0.2) is 0 Å². The first-order chi connectivity index (χ1) is 9.06. The van der Waals surface area contributed by atoms with Crippen LogP contribution in [0.15, 0.2) is 28.7 Å². The summed E-state index contributed by atoms with van der Waals surface area (Å²) in [7, 11) is 0. The van der Waals surface area contributed by atoms with Crippen LogP contribution in [-0.2, 0) is 4.79 Å². The highest BCUT2D eigenvalue weighted by molar-refractivity contribution is 9.10. The molecule has 2 N–H and O–H groups in total. The molecule has 0 atom stereocenters. The Balaban J connectivity index is 1.92. The molecule has 1 aromatic rings. The molecule has 0 aromatic heterocycles. The molecular formula is C14H17BrN2O2. The fraction of sp³-hybridized carbons (Fsp3) is 0.429. The Morgan fingerprint density at radius 1 is 1.21 bits per heavy atom. The van der Waals surface area contributed by atoms with E-state index in [-0.39, 0.29) is 11.8 Å². The quantitative estimate of drug-likeness (QED) is 0.926. The first kappa shape index (κ1) is 14.1. The zero-order valence-electron chi connectivity index (χ0n) is 10.6. The minimum absolute atomic E-state index is 0.0602. The van der Waals surface area contributed by atoms with E-state index in [1.54, 1.807) is 0 Å². The Labute approximate surface area is 121 Å². The van der Waals surface area contributed by atoms with Crippen LogP contribution in [0.3, 0.4) is 0 Å². The van der Waals surface area contributed by atoms with Crippen LogP contribution in [0.25, 0.3) is 0 Å². The molecule has 1 aromatic carbocycles. The number of amides is 2. The fourth-order valence-corrected chi connectivity index (χ4v) is 2.66. The second-order valence-electron chi connectivity index (χ2n) is 4.91. The van der Waals surface area contributed by atoms with Crippen molar-refractivity contribution in [3.63, 3.8) is 0 Å². The number of carbonyl (C=O) groups is 2. The van der Waals surface area contributed by atoms with Gasteiger partial charge in [0, 0.05) is 29.5 Å². The van der Waals surface area contributed by atoms with E-state index >= 15 is 0 Å². The average molecular weight is 325 g/mol. The number of piperidine rings is 1. The van der Waals surface area contributed by atoms with Crippen molar-refractivity contribution in [1.29, 1.82) is 0 Å². The molecule has 1 heterocycles. The molecule has 1 aliphatic rings. The molecule has 4 nitrogen and oxygen atoms in total. The van der Waals surface area contributed by atoms with Gasteiger partial charge in [-0.2, -0.15) is 0 Å². The Morgan fingerprint density at radius 2 is 1.79 bits per heavy atom. The van der Waals surface area contributed by atoms with Gasteiger partial charge in [-0.3, -0.25) is 9.59 Å². The number of halogens is 1. The topological polar surface area (TPSA) is 63.4 Å². The van der Waals surface area contributed by atoms with Crippen molar-refractivity contribution in [3.8, 4) is 0 Å². The normalized spacial score (nSPS) is 16.4. The van der Waals surface area contributed by atoms with Gasteiger partial charge in [0.15, 0.2) is 0 Å². The number of hydrogen-bond donors (Lipinski definition) is 1. The summed E-state index contributed by atoms with van der Waals surface area (Å²) in [6.07, 6.45) is 2.14. The van der Waals surface area contributed by atoms with Crippen LogP contribution in [0, 0.1) is 5.92 Å². The predicted octanol–water partition coefficient (Wildman–Crippen LogP) is 2.18. The first-order valence-electron chi connectivity index (χ1n) is 6.39. The van der Waals surface area contributed by atoms with Gasteiger partial charge in [-0.05, 0) is 43.0 Å². The van der Waals surface area contributed by atoms with Gasteiger partial charge in [0.2, 0.25) is 5.91 Å². The lowest BCUT2D eigenvalue weighted by Gasteiger charge is -2.31. The lowest BCUT2D eigenvalue weighted by atomic mass is 9.93. The van der Waals surface area contributed by atoms with Gasteiger partial charge in [-0.15, -0.1) is 0 Å². The molecule has 0 spiro atoms. The highest BCUT2D eigenvalue weighted by atomic mass is 79.9. The van der Waals surface area contributed by atoms with Crippen molar-refractivity contribution >= 4 is 27.7 Å². The van der Waals surface area contributed by atoms with Crippen molar-refractivity contribution < 1.29 is 9.59 Å². The van der Waals surface area contributed by atoms with Gasteiger partial charge in [0.25, 0.3) is 5.91 Å². The van der Waals surface area contributed by atoms with Crippen molar-refractivity contribution in [2.24, 2.45) is 11.7 Å². The number of carbonyl (C=O) groups excluding carboxylic acids is 2. The smallest absolute Gasteiger partial charge is 0.253 e. The summed E-state index contributed by atoms with van der Waals surface area (Å²) < 4.78 is 0.962. The predicted molar refractivity (Wildman–Crippen MR) is 76.6 cm³/mol. The standard InChI is InChI=1S/C14H17BrN2O2/c15-12-3-1-11(2-4-12)14(19)17-7-5-10(6-8-17)9-13(16)18/h1-4,10H,5-9H2,(H2,16,18). The zero-order chi connectivity index (χ0) is 13.8. The third-order valence-electron chi connectivity index (χ3n) is 3.48. The van der Waals surface area contributed by atoms with E-state index < -0.39 is 0 Å². The number of primary amides is 1. The number of nitrogens with two attached hydrogens (primary N) is 1. The monoisotopic (exact) mass is 324 g/mol. The molecular weight excluding hydrogens is 308 g/mol. The van der Waals surface area contributed by atoms with E-state index in [1.165, 1.54) is 0 Å². The molecule has 5 heteroatoms. The maximum absolute atomic E-state index is 12.3. The minimum atomic E-state index is -0.252. The molecule has 0 unspecified atom stereocenters. The van der Waals surface area contributed by atoms with Crippen LogP contribution >= 0.6 is 15.9 Å². The highest BCUT2D eigenvalue weighted by Crippen LogP contribution is 2.22. The molecule has 0 aliphatic carbocycles. The summed E-state index contributed by atoms with van der Waals surface area (Å²) in [4.78, 5) is 25.0. The largest absolute Gasteiger partial charge is 0.370 e. The third kappa shape index (κ3) is 3.80. The van der Waals surface area contributed by atoms with Crippen molar-refractivity contribution in [2.75, 3.05) is 13.1 Å². The zero-order valence-corrected chi connectivity index (χ0v) is 12.2. The molecule has 102 valence electrons. The second-order valence-corrected chi connectivity index (χ2v) is 5.83. The lowest BCUT2D eigenvalue weighted by Crippen LogP contribution is -2.39. The summed E-state index contributed by atoms with van der Waals surface area (Å²) in [5.41, 5.74) is 5.90. The lowest BCUT2D eigenvalue weighted by molar-refractivity contribution is -0.119. The number of hydrogen-bond acceptors (Lipinski definition) is 2. The van der Waals surface area contributed by atoms with Crippen LogP contribution in [0.4, 0.5) is 0 Å². The van der Waals surface area contributed by atoms with Gasteiger partial charge in [0.05, 0.1) is 0 Å². The van der Waals surface area contributed by atoms with Gasteiger partial charge >= 0.3 is 0 Å². The van der Waals surface area contributed by atoms with Crippen LogP contribution in [0.1, 0.15) is 29.6 Å². The first-order valence-corrected chi connectivity index (χ1v) is 7.18. The SMILES string of the molecule is NC(=O)CC1CCN(C(=O)c2ccc(Br)cc2)CC1. The molecule has 2 amide bonds. The third-order valence-corrected chi connectivity index (χ3v) is 4.01. The number of nitrogens with zero attached hydrogens (tertiary/aromatic N) is 1. The molecule has 19 heavy (non-hydrogen) atoms. The molecule has 1 aliphatic heterocycles. The number of benzene rings is 1. The van der Waals surface area contributed by atoms with E-state index in [2.05, 4.69) is 15.9 Å². The maximum atomic E-state index is 12.3. The van der Waals surface area contributed by atoms with E-state index in [1.807, 2.05) is 29.2 Å². The van der Waals surface area contributed by atoms with Crippen molar-refractivity contribution in [2.45, 2.75) is 19.3 Å². The Hall–Kier alpha value is -1.36. The minimum Gasteiger partial charge on any atom is -0.370 e. The molecule has 2 rings (SSSR count). The molecule has 0 bridgehead atoms. The Morgan fingerprint density at radius 3 is 2.32 bits per heavy atom. The van der Waals surface area contributed by atoms with Crippen molar-refractivity contribution in [3.05, 3.63) is 34.3 Å². The van der Waals surface area contributed by atoms with Gasteiger partial charge in [-0.1, -0.05) is 15.9 Å². The number of likely N-dealkylation sites (tertiary alicyclic amines) is 1. The average Bonchev–Trinajstić information content (AvgIpc) is 2.39. The van der Waals surface area contributed by atoms with E-state index in [0.29, 0.717) is 31.0 Å². The van der Waals surface area contributed by atoms with E-state index in [9.17, 15) is 9.59 Å². The summed E-state index contributed by atoms with van der Waals surface area (Å²) >= 11 is 3.35. The second kappa shape index (κ2) is 6.19. The van der Waals surface area contributed by atoms with Crippen molar-refractivity contribution in [1.82, 2.24) is 4.90 Å². The molecule has 0 radical (unpaired) electrons. The Bertz CT molecular complexity index is 465. The fourth-order valence-electron chi connectivity index (χ4n) is 2.40. The van der Waals surface area contributed by atoms with E-state index in [0.717, 1.165) is 17.3 Å². The van der Waals surface area contributed by atoms with Crippen LogP contribution < -0.4 is 5.73 Å². The summed E-state index contributed by atoms with van der Waals surface area (Å²) in [6, 6.07) is 7.38. The molecule has 0 saturated carbocycles. The molecule has 1 saturated heterocycles. The highest BCUT2D eigenvalue weighted by Gasteiger charge is 2.24. The van der Waals surface area contributed by atoms with Gasteiger partial charge < -0.3 is 10.6 Å². The van der Waals surface area contributed by atoms with Crippen LogP contribution in [0.5, 0.6) is 0 Å². The van der Waals surface area contributed by atoms with E-state index in [4.69, 9.17) is 5.73 Å². The summed E-state index contributed by atoms with van der Waals surface area (Å²) in [5, 5.41) is 0. The number of rotatable bonds is 3. The Kier molecular flexibility index (Phi) is 4.58. The van der Waals surface area contributed by atoms with Crippen LogP contribution in [-0.4, -0.2) is 29.8 Å². The maximum Gasteiger partial charge on any atom is 0.253 e. The summed E-state index contributed by atoms with van der Waals surface area (Å²) in [5.74, 6) is 0.133. The molecule has 1 fully saturated rings. The summed E-state index contributed by atoms with van der Waals surface area (Å²) in [6.45, 7) is 1.40.